The zero-order valence-corrected chi connectivity index (χ0v) is 14.0. The Balaban J connectivity index is 2.13. The van der Waals surface area contributed by atoms with Crippen LogP contribution in [0.25, 0.3) is 0 Å². The summed E-state index contributed by atoms with van der Waals surface area (Å²) >= 11 is 6.17. The summed E-state index contributed by atoms with van der Waals surface area (Å²) in [6.45, 7) is 3.60. The minimum absolute atomic E-state index is 0.0448. The summed E-state index contributed by atoms with van der Waals surface area (Å²) in [5, 5.41) is 6.10. The molecule has 0 aromatic heterocycles. The van der Waals surface area contributed by atoms with Gasteiger partial charge in [-0.05, 0) is 24.6 Å². The molecule has 1 fully saturated rings. The third-order valence-electron chi connectivity index (χ3n) is 3.88. The molecular formula is C16H23ClN4O2. The molecule has 1 saturated heterocycles. The Morgan fingerprint density at radius 3 is 2.91 bits per heavy atom. The van der Waals surface area contributed by atoms with E-state index in [1.165, 1.54) is 4.90 Å². The number of nitrogens with zero attached hydrogens (tertiary/aromatic N) is 1. The second-order valence-corrected chi connectivity index (χ2v) is 6.01. The highest BCUT2D eigenvalue weighted by molar-refractivity contribution is 6.34. The second-order valence-electron chi connectivity index (χ2n) is 5.60. The van der Waals surface area contributed by atoms with E-state index in [2.05, 4.69) is 17.6 Å². The molecule has 0 radical (unpaired) electrons. The third-order valence-corrected chi connectivity index (χ3v) is 4.20. The van der Waals surface area contributed by atoms with Gasteiger partial charge in [-0.25, -0.2) is 4.79 Å². The van der Waals surface area contributed by atoms with Gasteiger partial charge in [0.25, 0.3) is 5.91 Å². The molecule has 4 N–H and O–H groups in total. The van der Waals surface area contributed by atoms with Crippen molar-refractivity contribution in [2.75, 3.05) is 24.5 Å². The Bertz CT molecular complexity index is 579. The van der Waals surface area contributed by atoms with Crippen LogP contribution in [0.15, 0.2) is 18.2 Å². The van der Waals surface area contributed by atoms with E-state index in [4.69, 9.17) is 17.3 Å². The van der Waals surface area contributed by atoms with Crippen molar-refractivity contribution >= 4 is 29.2 Å². The number of carbonyl (C=O) groups excluding carboxylic acids is 2. The van der Waals surface area contributed by atoms with E-state index in [9.17, 15) is 9.59 Å². The van der Waals surface area contributed by atoms with Crippen molar-refractivity contribution in [3.63, 3.8) is 0 Å². The van der Waals surface area contributed by atoms with Crippen LogP contribution in [-0.2, 0) is 0 Å². The Hall–Kier alpha value is -1.79. The van der Waals surface area contributed by atoms with Gasteiger partial charge in [-0.1, -0.05) is 31.4 Å². The van der Waals surface area contributed by atoms with Crippen molar-refractivity contribution in [3.8, 4) is 0 Å². The molecule has 6 nitrogen and oxygen atoms in total. The molecule has 2 rings (SSSR count). The van der Waals surface area contributed by atoms with E-state index < -0.39 is 0 Å². The summed E-state index contributed by atoms with van der Waals surface area (Å²) in [5.41, 5.74) is 6.73. The number of hydrogen-bond acceptors (Lipinski definition) is 3. The third kappa shape index (κ3) is 4.36. The molecule has 3 amide bonds. The van der Waals surface area contributed by atoms with Crippen LogP contribution in [0.3, 0.4) is 0 Å². The number of anilines is 1. The highest BCUT2D eigenvalue weighted by Crippen LogP contribution is 2.28. The molecule has 0 spiro atoms. The minimum atomic E-state index is -0.202. The number of urea groups is 1. The maximum atomic E-state index is 12.4. The van der Waals surface area contributed by atoms with Gasteiger partial charge in [0.15, 0.2) is 0 Å². The SMILES string of the molecule is CCCCC(CN)NC(=O)c1ccc(Cl)c(N2CCNC2=O)c1. The molecule has 1 aromatic carbocycles. The van der Waals surface area contributed by atoms with Gasteiger partial charge < -0.3 is 16.4 Å². The van der Waals surface area contributed by atoms with Crippen molar-refractivity contribution in [2.45, 2.75) is 32.2 Å². The fraction of sp³-hybridized carbons (Fsp3) is 0.500. The standard InChI is InChI=1S/C16H23ClN4O2/c1-2-3-4-12(10-18)20-15(22)11-5-6-13(17)14(9-11)21-8-7-19-16(21)23/h5-6,9,12H,2-4,7-8,10,18H2,1H3,(H,19,23)(H,20,22). The van der Waals surface area contributed by atoms with E-state index >= 15 is 0 Å². The molecule has 7 heteroatoms. The first-order chi connectivity index (χ1) is 11.1. The van der Waals surface area contributed by atoms with E-state index in [-0.39, 0.29) is 18.0 Å². The van der Waals surface area contributed by atoms with Gasteiger partial charge in [0.05, 0.1) is 10.7 Å². The number of halogens is 1. The van der Waals surface area contributed by atoms with E-state index in [0.717, 1.165) is 19.3 Å². The normalized spacial score (nSPS) is 15.4. The van der Waals surface area contributed by atoms with Gasteiger partial charge in [0.2, 0.25) is 0 Å². The lowest BCUT2D eigenvalue weighted by atomic mass is 10.1. The zero-order valence-electron chi connectivity index (χ0n) is 13.3. The zero-order chi connectivity index (χ0) is 16.8. The molecule has 1 atom stereocenters. The largest absolute Gasteiger partial charge is 0.348 e. The molecule has 0 aliphatic carbocycles. The van der Waals surface area contributed by atoms with Crippen LogP contribution < -0.4 is 21.3 Å². The first-order valence-corrected chi connectivity index (χ1v) is 8.30. The van der Waals surface area contributed by atoms with Crippen molar-refractivity contribution < 1.29 is 9.59 Å². The Morgan fingerprint density at radius 2 is 2.30 bits per heavy atom. The molecule has 0 bridgehead atoms. The lowest BCUT2D eigenvalue weighted by molar-refractivity contribution is 0.0935. The van der Waals surface area contributed by atoms with Gasteiger partial charge in [-0.15, -0.1) is 0 Å². The quantitative estimate of drug-likeness (QED) is 0.711. The molecule has 1 heterocycles. The predicted molar refractivity (Wildman–Crippen MR) is 92.0 cm³/mol. The van der Waals surface area contributed by atoms with Crippen LogP contribution in [0.5, 0.6) is 0 Å². The second kappa shape index (κ2) is 8.17. The highest BCUT2D eigenvalue weighted by atomic mass is 35.5. The Labute approximate surface area is 141 Å². The van der Waals surface area contributed by atoms with Gasteiger partial charge in [0.1, 0.15) is 0 Å². The average molecular weight is 339 g/mol. The summed E-state index contributed by atoms with van der Waals surface area (Å²) in [4.78, 5) is 25.7. The molecule has 1 aliphatic heterocycles. The molecule has 1 aromatic rings. The van der Waals surface area contributed by atoms with Gasteiger partial charge in [-0.2, -0.15) is 0 Å². The highest BCUT2D eigenvalue weighted by Gasteiger charge is 2.24. The fourth-order valence-electron chi connectivity index (χ4n) is 2.53. The van der Waals surface area contributed by atoms with Crippen LogP contribution >= 0.6 is 11.6 Å². The number of unbranched alkanes of at least 4 members (excludes halogenated alkanes) is 1. The van der Waals surface area contributed by atoms with Crippen molar-refractivity contribution in [2.24, 2.45) is 5.73 Å². The molecule has 0 saturated carbocycles. The number of nitrogens with one attached hydrogen (secondary N) is 2. The van der Waals surface area contributed by atoms with Gasteiger partial charge in [0, 0.05) is 31.2 Å². The van der Waals surface area contributed by atoms with Gasteiger partial charge >= 0.3 is 6.03 Å². The summed E-state index contributed by atoms with van der Waals surface area (Å²) in [6.07, 6.45) is 2.93. The Morgan fingerprint density at radius 1 is 1.52 bits per heavy atom. The van der Waals surface area contributed by atoms with Crippen LogP contribution in [0.1, 0.15) is 36.5 Å². The lowest BCUT2D eigenvalue weighted by Gasteiger charge is -2.19. The fourth-order valence-corrected chi connectivity index (χ4v) is 2.75. The molecule has 23 heavy (non-hydrogen) atoms. The maximum absolute atomic E-state index is 12.4. The Kier molecular flexibility index (Phi) is 6.24. The number of nitrogens with two attached hydrogens (primary N) is 1. The topological polar surface area (TPSA) is 87.5 Å². The molecule has 1 aliphatic rings. The first kappa shape index (κ1) is 17.6. The van der Waals surface area contributed by atoms with Crippen LogP contribution in [0, 0.1) is 0 Å². The minimum Gasteiger partial charge on any atom is -0.348 e. The van der Waals surface area contributed by atoms with E-state index in [0.29, 0.717) is 35.9 Å². The number of hydrogen-bond donors (Lipinski definition) is 3. The summed E-state index contributed by atoms with van der Waals surface area (Å²) < 4.78 is 0. The number of benzene rings is 1. The maximum Gasteiger partial charge on any atom is 0.322 e. The van der Waals surface area contributed by atoms with Gasteiger partial charge in [-0.3, -0.25) is 9.69 Å². The van der Waals surface area contributed by atoms with Crippen LogP contribution in [0.2, 0.25) is 5.02 Å². The van der Waals surface area contributed by atoms with Crippen LogP contribution in [0.4, 0.5) is 10.5 Å². The van der Waals surface area contributed by atoms with E-state index in [1.807, 2.05) is 0 Å². The lowest BCUT2D eigenvalue weighted by Crippen LogP contribution is -2.40. The van der Waals surface area contributed by atoms with Crippen molar-refractivity contribution in [1.82, 2.24) is 10.6 Å². The summed E-state index contributed by atoms with van der Waals surface area (Å²) in [6, 6.07) is 4.70. The van der Waals surface area contributed by atoms with Crippen molar-refractivity contribution in [3.05, 3.63) is 28.8 Å². The number of carbonyl (C=O) groups is 2. The predicted octanol–water partition coefficient (Wildman–Crippen LogP) is 2.12. The van der Waals surface area contributed by atoms with Crippen LogP contribution in [-0.4, -0.2) is 37.6 Å². The average Bonchev–Trinajstić information content (AvgIpc) is 2.97. The molecule has 1 unspecified atom stereocenters. The summed E-state index contributed by atoms with van der Waals surface area (Å²) in [5.74, 6) is -0.200. The number of rotatable bonds is 7. The van der Waals surface area contributed by atoms with Crippen molar-refractivity contribution in [1.29, 1.82) is 0 Å². The number of amides is 3. The summed E-state index contributed by atoms with van der Waals surface area (Å²) in [7, 11) is 0. The molecular weight excluding hydrogens is 316 g/mol. The smallest absolute Gasteiger partial charge is 0.322 e. The first-order valence-electron chi connectivity index (χ1n) is 7.92. The molecule has 126 valence electrons. The van der Waals surface area contributed by atoms with E-state index in [1.54, 1.807) is 18.2 Å². The monoisotopic (exact) mass is 338 g/mol.